The largest absolute Gasteiger partial charge is 0.351 e. The van der Waals surface area contributed by atoms with Crippen LogP contribution in [0.3, 0.4) is 0 Å². The van der Waals surface area contributed by atoms with Gasteiger partial charge in [0, 0.05) is 29.9 Å². The van der Waals surface area contributed by atoms with E-state index in [1.54, 1.807) is 29.7 Å². The van der Waals surface area contributed by atoms with E-state index in [9.17, 15) is 4.79 Å². The molecule has 0 aliphatic carbocycles. The van der Waals surface area contributed by atoms with Crippen LogP contribution in [-0.4, -0.2) is 41.9 Å². The van der Waals surface area contributed by atoms with Gasteiger partial charge >= 0.3 is 0 Å². The number of rotatable bonds is 4. The first-order valence-electron chi connectivity index (χ1n) is 8.27. The fraction of sp³-hybridized carbons (Fsp3) is 0.471. The molecule has 0 bridgehead atoms. The van der Waals surface area contributed by atoms with E-state index in [1.165, 1.54) is 15.3 Å². The summed E-state index contributed by atoms with van der Waals surface area (Å²) >= 11 is 3.46. The van der Waals surface area contributed by atoms with Crippen molar-refractivity contribution in [2.75, 3.05) is 20.1 Å². The minimum absolute atomic E-state index is 0. The van der Waals surface area contributed by atoms with Crippen LogP contribution in [0.2, 0.25) is 0 Å². The van der Waals surface area contributed by atoms with Crippen molar-refractivity contribution in [2.24, 2.45) is 4.99 Å². The van der Waals surface area contributed by atoms with Crippen molar-refractivity contribution in [1.29, 1.82) is 0 Å². The molecule has 6 nitrogen and oxygen atoms in total. The Morgan fingerprint density at radius 3 is 2.88 bits per heavy atom. The summed E-state index contributed by atoms with van der Waals surface area (Å²) in [7, 11) is 1.71. The Morgan fingerprint density at radius 2 is 2.19 bits per heavy atom. The van der Waals surface area contributed by atoms with Crippen LogP contribution in [0.1, 0.15) is 26.0 Å². The van der Waals surface area contributed by atoms with Crippen molar-refractivity contribution in [3.8, 4) is 0 Å². The number of carbonyl (C=O) groups is 1. The summed E-state index contributed by atoms with van der Waals surface area (Å²) in [5.74, 6) is 0.733. The van der Waals surface area contributed by atoms with Gasteiger partial charge in [-0.3, -0.25) is 9.79 Å². The molecule has 1 aliphatic heterocycles. The number of fused-ring (bicyclic) bond motifs is 1. The lowest BCUT2D eigenvalue weighted by Crippen LogP contribution is -2.45. The quantitative estimate of drug-likeness (QED) is 0.381. The van der Waals surface area contributed by atoms with Gasteiger partial charge in [-0.15, -0.1) is 46.7 Å². The van der Waals surface area contributed by atoms with E-state index in [1.807, 2.05) is 18.7 Å². The van der Waals surface area contributed by atoms with Crippen LogP contribution < -0.4 is 10.6 Å². The maximum atomic E-state index is 12.5. The third kappa shape index (κ3) is 5.17. The molecule has 0 fully saturated rings. The minimum Gasteiger partial charge on any atom is -0.351 e. The Bertz CT molecular complexity index is 786. The Balaban J connectivity index is 0.00000243. The van der Waals surface area contributed by atoms with Crippen LogP contribution >= 0.6 is 46.7 Å². The van der Waals surface area contributed by atoms with Crippen LogP contribution in [0.5, 0.6) is 0 Å². The molecule has 3 rings (SSSR count). The predicted octanol–water partition coefficient (Wildman–Crippen LogP) is 2.69. The van der Waals surface area contributed by atoms with Gasteiger partial charge in [-0.05, 0) is 37.3 Å². The second-order valence-electron chi connectivity index (χ2n) is 5.96. The van der Waals surface area contributed by atoms with E-state index in [4.69, 9.17) is 0 Å². The van der Waals surface area contributed by atoms with Crippen molar-refractivity contribution in [1.82, 2.24) is 20.5 Å². The molecule has 3 heterocycles. The van der Waals surface area contributed by atoms with E-state index in [2.05, 4.69) is 32.1 Å². The summed E-state index contributed by atoms with van der Waals surface area (Å²) in [5.41, 5.74) is 2.32. The first-order chi connectivity index (χ1) is 12.1. The fourth-order valence-electron chi connectivity index (χ4n) is 2.85. The number of thiophene rings is 1. The molecule has 26 heavy (non-hydrogen) atoms. The summed E-state index contributed by atoms with van der Waals surface area (Å²) in [5, 5.41) is 9.53. The molecular formula is C17H24IN5OS2. The smallest absolute Gasteiger partial charge is 0.242 e. The van der Waals surface area contributed by atoms with Crippen molar-refractivity contribution in [3.63, 3.8) is 0 Å². The second-order valence-corrected chi connectivity index (χ2v) is 8.24. The predicted molar refractivity (Wildman–Crippen MR) is 119 cm³/mol. The van der Waals surface area contributed by atoms with Gasteiger partial charge in [-0.1, -0.05) is 0 Å². The number of nitrogens with one attached hydrogen (secondary N) is 2. The lowest BCUT2D eigenvalue weighted by atomic mass is 10.1. The number of halogens is 1. The first-order valence-corrected chi connectivity index (χ1v) is 9.97. The molecule has 0 radical (unpaired) electrons. The molecule has 0 saturated heterocycles. The minimum atomic E-state index is 0. The molecular weight excluding hydrogens is 481 g/mol. The van der Waals surface area contributed by atoms with Crippen molar-refractivity contribution < 1.29 is 4.79 Å². The Hall–Kier alpha value is -1.20. The SMILES string of the molecule is CN=C(NCC(=O)N1CCc2sccc2C1)NCc1sc(C)nc1C.I. The van der Waals surface area contributed by atoms with Crippen LogP contribution in [0.25, 0.3) is 0 Å². The molecule has 0 aromatic carbocycles. The molecule has 0 unspecified atom stereocenters. The zero-order valence-corrected chi connectivity index (χ0v) is 19.1. The van der Waals surface area contributed by atoms with Gasteiger partial charge in [0.15, 0.2) is 5.96 Å². The summed E-state index contributed by atoms with van der Waals surface area (Å²) in [6.07, 6.45) is 0.954. The van der Waals surface area contributed by atoms with E-state index in [0.29, 0.717) is 19.0 Å². The number of guanidine groups is 1. The lowest BCUT2D eigenvalue weighted by molar-refractivity contribution is -0.130. The maximum Gasteiger partial charge on any atom is 0.242 e. The van der Waals surface area contributed by atoms with Gasteiger partial charge in [0.25, 0.3) is 0 Å². The van der Waals surface area contributed by atoms with Crippen LogP contribution in [0.15, 0.2) is 16.4 Å². The zero-order valence-electron chi connectivity index (χ0n) is 15.2. The number of aromatic nitrogens is 1. The first kappa shape index (κ1) is 21.1. The Kier molecular flexibility index (Phi) is 7.84. The normalized spacial score (nSPS) is 13.8. The van der Waals surface area contributed by atoms with Crippen LogP contribution in [0.4, 0.5) is 0 Å². The number of hydrogen-bond acceptors (Lipinski definition) is 5. The van der Waals surface area contributed by atoms with Crippen molar-refractivity contribution >= 4 is 58.5 Å². The number of amides is 1. The van der Waals surface area contributed by atoms with Gasteiger partial charge in [-0.25, -0.2) is 4.98 Å². The fourth-order valence-corrected chi connectivity index (χ4v) is 4.62. The molecule has 1 amide bonds. The summed E-state index contributed by atoms with van der Waals surface area (Å²) in [4.78, 5) is 25.6. The number of nitrogens with zero attached hydrogens (tertiary/aromatic N) is 3. The van der Waals surface area contributed by atoms with E-state index in [-0.39, 0.29) is 36.4 Å². The molecule has 0 spiro atoms. The number of hydrogen-bond donors (Lipinski definition) is 2. The standard InChI is InChI=1S/C17H23N5OS2.HI/c1-11-15(25-12(2)21-11)8-19-17(18-3)20-9-16(23)22-6-4-14-13(10-22)5-7-24-14;/h5,7H,4,6,8-10H2,1-3H3,(H2,18,19,20);1H. The summed E-state index contributed by atoms with van der Waals surface area (Å²) in [6, 6.07) is 2.12. The third-order valence-corrected chi connectivity index (χ3v) is 6.30. The molecule has 0 atom stereocenters. The van der Waals surface area contributed by atoms with E-state index < -0.39 is 0 Å². The highest BCUT2D eigenvalue weighted by atomic mass is 127. The van der Waals surface area contributed by atoms with Crippen LogP contribution in [-0.2, 0) is 24.3 Å². The van der Waals surface area contributed by atoms with Crippen molar-refractivity contribution in [2.45, 2.75) is 33.4 Å². The summed E-state index contributed by atoms with van der Waals surface area (Å²) in [6.45, 7) is 6.43. The molecule has 1 aliphatic rings. The van der Waals surface area contributed by atoms with Gasteiger partial charge in [0.05, 0.1) is 23.8 Å². The van der Waals surface area contributed by atoms with Gasteiger partial charge < -0.3 is 15.5 Å². The van der Waals surface area contributed by atoms with E-state index in [0.717, 1.165) is 23.7 Å². The molecule has 0 saturated carbocycles. The average molecular weight is 505 g/mol. The highest BCUT2D eigenvalue weighted by Gasteiger charge is 2.21. The summed E-state index contributed by atoms with van der Waals surface area (Å²) < 4.78 is 0. The second kappa shape index (κ2) is 9.65. The number of thiazole rings is 1. The number of aliphatic imine (C=N–C) groups is 1. The van der Waals surface area contributed by atoms with E-state index >= 15 is 0 Å². The number of aryl methyl sites for hydroxylation is 2. The topological polar surface area (TPSA) is 69.6 Å². The van der Waals surface area contributed by atoms with Crippen LogP contribution in [0, 0.1) is 13.8 Å². The highest BCUT2D eigenvalue weighted by Crippen LogP contribution is 2.23. The molecule has 2 N–H and O–H groups in total. The number of carbonyl (C=O) groups excluding carboxylic acids is 1. The maximum absolute atomic E-state index is 12.5. The molecule has 9 heteroatoms. The molecule has 2 aromatic heterocycles. The average Bonchev–Trinajstić information content (AvgIpc) is 3.19. The third-order valence-electron chi connectivity index (χ3n) is 4.21. The molecule has 142 valence electrons. The molecule has 2 aromatic rings. The van der Waals surface area contributed by atoms with Gasteiger partial charge in [0.2, 0.25) is 5.91 Å². The van der Waals surface area contributed by atoms with Gasteiger partial charge in [-0.2, -0.15) is 0 Å². The Labute approximate surface area is 179 Å². The monoisotopic (exact) mass is 505 g/mol. The lowest BCUT2D eigenvalue weighted by Gasteiger charge is -2.27. The Morgan fingerprint density at radius 1 is 1.38 bits per heavy atom. The van der Waals surface area contributed by atoms with Gasteiger partial charge in [0.1, 0.15) is 0 Å². The van der Waals surface area contributed by atoms with Crippen molar-refractivity contribution in [3.05, 3.63) is 37.5 Å². The zero-order chi connectivity index (χ0) is 17.8. The highest BCUT2D eigenvalue weighted by molar-refractivity contribution is 14.0.